The van der Waals surface area contributed by atoms with Crippen molar-refractivity contribution in [1.82, 2.24) is 5.32 Å². The summed E-state index contributed by atoms with van der Waals surface area (Å²) in [7, 11) is 0. The summed E-state index contributed by atoms with van der Waals surface area (Å²) in [6.07, 6.45) is 1.50. The number of nitrogens with one attached hydrogen (secondary N) is 1. The highest BCUT2D eigenvalue weighted by Gasteiger charge is 2.22. The molecule has 2 aliphatic heterocycles. The van der Waals surface area contributed by atoms with Gasteiger partial charge in [0.1, 0.15) is 18.5 Å². The molecule has 0 aromatic heterocycles. The Morgan fingerprint density at radius 1 is 1.08 bits per heavy atom. The molecule has 0 aliphatic carbocycles. The normalized spacial score (nSPS) is 17.8. The third kappa shape index (κ3) is 2.89. The van der Waals surface area contributed by atoms with E-state index in [2.05, 4.69) is 5.32 Å². The fraction of sp³-hybridized carbons (Fsp3) is 0.316. The quantitative estimate of drug-likeness (QED) is 0.939. The fourth-order valence-electron chi connectivity index (χ4n) is 3.04. The van der Waals surface area contributed by atoms with Gasteiger partial charge < -0.3 is 19.5 Å². The molecule has 0 spiro atoms. The van der Waals surface area contributed by atoms with E-state index in [4.69, 9.17) is 14.2 Å². The summed E-state index contributed by atoms with van der Waals surface area (Å²) in [5.41, 5.74) is 1.71. The van der Waals surface area contributed by atoms with Crippen LogP contribution in [0, 0.1) is 0 Å². The summed E-state index contributed by atoms with van der Waals surface area (Å²) < 4.78 is 17.2. The van der Waals surface area contributed by atoms with Crippen LogP contribution in [0.3, 0.4) is 0 Å². The van der Waals surface area contributed by atoms with Crippen LogP contribution in [0.2, 0.25) is 0 Å². The molecule has 1 N–H and O–H groups in total. The molecule has 4 rings (SSSR count). The van der Waals surface area contributed by atoms with Crippen LogP contribution < -0.4 is 19.5 Å². The molecule has 5 nitrogen and oxygen atoms in total. The summed E-state index contributed by atoms with van der Waals surface area (Å²) in [6, 6.07) is 13.3. The average Bonchev–Trinajstić information content (AvgIpc) is 3.10. The van der Waals surface area contributed by atoms with Crippen molar-refractivity contribution in [3.05, 3.63) is 53.6 Å². The van der Waals surface area contributed by atoms with Crippen LogP contribution in [0.15, 0.2) is 42.5 Å². The molecule has 1 amide bonds. The Bertz CT molecular complexity index is 759. The van der Waals surface area contributed by atoms with Crippen LogP contribution in [0.4, 0.5) is 0 Å². The Balaban J connectivity index is 1.32. The topological polar surface area (TPSA) is 56.8 Å². The van der Waals surface area contributed by atoms with Gasteiger partial charge in [0.25, 0.3) is 5.91 Å². The second-order valence-electron chi connectivity index (χ2n) is 5.93. The number of carbonyl (C=O) groups is 1. The SMILES string of the molecule is O=C(NCCC1COc2ccccc2O1)c1cccc2c1OCC2. The second-order valence-corrected chi connectivity index (χ2v) is 5.93. The predicted octanol–water partition coefficient (Wildman–Crippen LogP) is 2.58. The van der Waals surface area contributed by atoms with Crippen molar-refractivity contribution >= 4 is 5.91 Å². The van der Waals surface area contributed by atoms with E-state index in [0.29, 0.717) is 31.7 Å². The van der Waals surface area contributed by atoms with Crippen molar-refractivity contribution in [1.29, 1.82) is 0 Å². The van der Waals surface area contributed by atoms with E-state index in [0.717, 1.165) is 29.2 Å². The average molecular weight is 325 g/mol. The van der Waals surface area contributed by atoms with E-state index >= 15 is 0 Å². The summed E-state index contributed by atoms with van der Waals surface area (Å²) in [5.74, 6) is 2.15. The maximum atomic E-state index is 12.4. The van der Waals surface area contributed by atoms with E-state index in [1.807, 2.05) is 36.4 Å². The highest BCUT2D eigenvalue weighted by molar-refractivity contribution is 5.97. The molecule has 5 heteroatoms. The van der Waals surface area contributed by atoms with Crippen LogP contribution in [0.5, 0.6) is 17.2 Å². The van der Waals surface area contributed by atoms with Gasteiger partial charge in [0.15, 0.2) is 11.5 Å². The molecule has 24 heavy (non-hydrogen) atoms. The van der Waals surface area contributed by atoms with E-state index < -0.39 is 0 Å². The standard InChI is InChI=1S/C19H19NO4/c21-19(15-5-3-4-13-9-11-22-18(13)15)20-10-8-14-12-23-16-6-1-2-7-17(16)24-14/h1-7,14H,8-12H2,(H,20,21). The summed E-state index contributed by atoms with van der Waals surface area (Å²) in [5, 5.41) is 2.95. The summed E-state index contributed by atoms with van der Waals surface area (Å²) in [4.78, 5) is 12.4. The van der Waals surface area contributed by atoms with Crippen molar-refractivity contribution in [2.75, 3.05) is 19.8 Å². The number of hydrogen-bond acceptors (Lipinski definition) is 4. The number of para-hydroxylation sites is 3. The van der Waals surface area contributed by atoms with E-state index in [1.165, 1.54) is 0 Å². The van der Waals surface area contributed by atoms with Crippen LogP contribution in [-0.2, 0) is 6.42 Å². The Hall–Kier alpha value is -2.69. The zero-order valence-corrected chi connectivity index (χ0v) is 13.3. The van der Waals surface area contributed by atoms with Gasteiger partial charge in [-0.1, -0.05) is 24.3 Å². The first-order valence-corrected chi connectivity index (χ1v) is 8.22. The maximum absolute atomic E-state index is 12.4. The van der Waals surface area contributed by atoms with E-state index in [-0.39, 0.29) is 12.0 Å². The number of ether oxygens (including phenoxy) is 3. The molecule has 0 saturated heterocycles. The van der Waals surface area contributed by atoms with Gasteiger partial charge in [0.2, 0.25) is 0 Å². The molecule has 124 valence electrons. The van der Waals surface area contributed by atoms with Crippen LogP contribution >= 0.6 is 0 Å². The van der Waals surface area contributed by atoms with Gasteiger partial charge >= 0.3 is 0 Å². The minimum absolute atomic E-state index is 0.0575. The zero-order chi connectivity index (χ0) is 16.4. The van der Waals surface area contributed by atoms with Crippen molar-refractivity contribution in [3.8, 4) is 17.2 Å². The Labute approximate surface area is 140 Å². The molecule has 0 bridgehead atoms. The van der Waals surface area contributed by atoms with Gasteiger partial charge in [-0.2, -0.15) is 0 Å². The monoisotopic (exact) mass is 325 g/mol. The first-order chi connectivity index (χ1) is 11.8. The highest BCUT2D eigenvalue weighted by atomic mass is 16.6. The minimum Gasteiger partial charge on any atom is -0.492 e. The largest absolute Gasteiger partial charge is 0.492 e. The van der Waals surface area contributed by atoms with E-state index in [1.54, 1.807) is 6.07 Å². The van der Waals surface area contributed by atoms with Crippen molar-refractivity contribution in [2.45, 2.75) is 18.9 Å². The highest BCUT2D eigenvalue weighted by Crippen LogP contribution is 2.31. The molecule has 0 radical (unpaired) electrons. The van der Waals surface area contributed by atoms with Gasteiger partial charge in [0.05, 0.1) is 12.2 Å². The lowest BCUT2D eigenvalue weighted by Crippen LogP contribution is -2.34. The first kappa shape index (κ1) is 14.9. The van der Waals surface area contributed by atoms with Gasteiger partial charge in [-0.3, -0.25) is 4.79 Å². The molecule has 1 atom stereocenters. The number of benzene rings is 2. The molecule has 2 aliphatic rings. The molecule has 1 unspecified atom stereocenters. The molecule has 2 aromatic carbocycles. The van der Waals surface area contributed by atoms with Crippen molar-refractivity contribution in [3.63, 3.8) is 0 Å². The minimum atomic E-state index is -0.106. The molecule has 0 saturated carbocycles. The number of amides is 1. The number of fused-ring (bicyclic) bond motifs is 2. The Kier molecular flexibility index (Phi) is 3.99. The van der Waals surface area contributed by atoms with Crippen LogP contribution in [0.1, 0.15) is 22.3 Å². The summed E-state index contributed by atoms with van der Waals surface area (Å²) in [6.45, 7) is 1.67. The van der Waals surface area contributed by atoms with E-state index in [9.17, 15) is 4.79 Å². The molecular formula is C19H19NO4. The van der Waals surface area contributed by atoms with Crippen LogP contribution in [-0.4, -0.2) is 31.8 Å². The number of hydrogen-bond donors (Lipinski definition) is 1. The second kappa shape index (κ2) is 6.43. The van der Waals surface area contributed by atoms with Gasteiger partial charge in [0, 0.05) is 19.4 Å². The third-order valence-electron chi connectivity index (χ3n) is 4.28. The molecular weight excluding hydrogens is 306 g/mol. The molecule has 2 heterocycles. The van der Waals surface area contributed by atoms with Crippen molar-refractivity contribution in [2.24, 2.45) is 0 Å². The Morgan fingerprint density at radius 3 is 2.88 bits per heavy atom. The summed E-state index contributed by atoms with van der Waals surface area (Å²) >= 11 is 0. The first-order valence-electron chi connectivity index (χ1n) is 8.22. The smallest absolute Gasteiger partial charge is 0.255 e. The van der Waals surface area contributed by atoms with Gasteiger partial charge in [-0.05, 0) is 23.8 Å². The number of rotatable bonds is 4. The lowest BCUT2D eigenvalue weighted by Gasteiger charge is -2.26. The maximum Gasteiger partial charge on any atom is 0.255 e. The van der Waals surface area contributed by atoms with Crippen LogP contribution in [0.25, 0.3) is 0 Å². The van der Waals surface area contributed by atoms with Gasteiger partial charge in [-0.15, -0.1) is 0 Å². The molecule has 2 aromatic rings. The van der Waals surface area contributed by atoms with Crippen molar-refractivity contribution < 1.29 is 19.0 Å². The number of carbonyl (C=O) groups excluding carboxylic acids is 1. The molecule has 0 fully saturated rings. The lowest BCUT2D eigenvalue weighted by molar-refractivity contribution is 0.0812. The third-order valence-corrected chi connectivity index (χ3v) is 4.28. The predicted molar refractivity (Wildman–Crippen MR) is 88.9 cm³/mol. The van der Waals surface area contributed by atoms with Gasteiger partial charge in [-0.25, -0.2) is 0 Å². The zero-order valence-electron chi connectivity index (χ0n) is 13.3. The lowest BCUT2D eigenvalue weighted by atomic mass is 10.1. The fourth-order valence-corrected chi connectivity index (χ4v) is 3.04. The Morgan fingerprint density at radius 2 is 1.96 bits per heavy atom.